The Morgan fingerprint density at radius 3 is 2.33 bits per heavy atom. The molecule has 0 saturated carbocycles. The minimum atomic E-state index is -2.74. The molecule has 0 amide bonds. The topological polar surface area (TPSA) is 167 Å². The van der Waals surface area contributed by atoms with Crippen molar-refractivity contribution in [3.8, 4) is 0 Å². The van der Waals surface area contributed by atoms with E-state index < -0.39 is 30.9 Å². The van der Waals surface area contributed by atoms with E-state index in [4.69, 9.17) is 20.4 Å². The van der Waals surface area contributed by atoms with Crippen LogP contribution in [0.1, 0.15) is 30.3 Å². The van der Waals surface area contributed by atoms with Crippen LogP contribution >= 0.6 is 0 Å². The van der Waals surface area contributed by atoms with Crippen LogP contribution in [0, 0.1) is 0 Å². The van der Waals surface area contributed by atoms with Crippen LogP contribution in [-0.4, -0.2) is 70.5 Å². The summed E-state index contributed by atoms with van der Waals surface area (Å²) in [6, 6.07) is 0. The second kappa shape index (κ2) is 7.71. The number of aliphatic hydroxyl groups is 7. The smallest absolute Gasteiger partial charge is 0.275 e. The molecule has 9 nitrogen and oxygen atoms in total. The van der Waals surface area contributed by atoms with E-state index in [1.165, 1.54) is 12.4 Å². The molecule has 1 rings (SSSR count). The Morgan fingerprint density at radius 1 is 1.10 bits per heavy atom. The lowest BCUT2D eigenvalue weighted by Gasteiger charge is -2.21. The molecule has 0 bridgehead atoms. The van der Waals surface area contributed by atoms with Gasteiger partial charge in [-0.15, -0.1) is 0 Å². The van der Waals surface area contributed by atoms with Crippen molar-refractivity contribution >= 4 is 0 Å². The van der Waals surface area contributed by atoms with Gasteiger partial charge in [0.25, 0.3) is 5.97 Å². The van der Waals surface area contributed by atoms with E-state index in [0.29, 0.717) is 5.69 Å². The molecule has 0 radical (unpaired) electrons. The molecule has 3 unspecified atom stereocenters. The molecule has 7 N–H and O–H groups in total. The minimum Gasteiger partial charge on any atom is -0.394 e. The summed E-state index contributed by atoms with van der Waals surface area (Å²) in [5.41, 5.74) is 0.414. The fourth-order valence-corrected chi connectivity index (χ4v) is 1.69. The third-order valence-corrected chi connectivity index (χ3v) is 2.86. The predicted octanol–water partition coefficient (Wildman–Crippen LogP) is -2.82. The molecule has 0 aliphatic heterocycles. The van der Waals surface area contributed by atoms with Gasteiger partial charge in [-0.1, -0.05) is 0 Å². The Bertz CT molecular complexity index is 438. The molecule has 1 aromatic heterocycles. The molecular formula is C12H20N2O7. The molecule has 21 heavy (non-hydrogen) atoms. The first-order valence-electron chi connectivity index (χ1n) is 6.37. The van der Waals surface area contributed by atoms with Crippen LogP contribution in [0.4, 0.5) is 0 Å². The Balaban J connectivity index is 2.67. The summed E-state index contributed by atoms with van der Waals surface area (Å²) >= 11 is 0. The summed E-state index contributed by atoms with van der Waals surface area (Å²) in [6.07, 6.45) is -1.87. The van der Waals surface area contributed by atoms with E-state index in [9.17, 15) is 15.3 Å². The summed E-state index contributed by atoms with van der Waals surface area (Å²) in [6.45, 7) is -0.711. The number of rotatable bonds is 8. The van der Waals surface area contributed by atoms with Gasteiger partial charge in [0.2, 0.25) is 0 Å². The Kier molecular flexibility index (Phi) is 6.55. The van der Waals surface area contributed by atoms with Gasteiger partial charge in [-0.2, -0.15) is 0 Å². The number of hydrogen-bond acceptors (Lipinski definition) is 9. The van der Waals surface area contributed by atoms with Crippen molar-refractivity contribution in [2.75, 3.05) is 6.61 Å². The third kappa shape index (κ3) is 5.98. The Morgan fingerprint density at radius 2 is 1.76 bits per heavy atom. The zero-order valence-electron chi connectivity index (χ0n) is 11.2. The van der Waals surface area contributed by atoms with Crippen LogP contribution in [0.2, 0.25) is 0 Å². The van der Waals surface area contributed by atoms with Gasteiger partial charge >= 0.3 is 0 Å². The zero-order chi connectivity index (χ0) is 16.0. The van der Waals surface area contributed by atoms with Crippen LogP contribution in [-0.2, 0) is 6.42 Å². The zero-order valence-corrected chi connectivity index (χ0v) is 11.2. The molecule has 0 aliphatic rings. The molecule has 0 fully saturated rings. The minimum absolute atomic E-state index is 0.00996. The molecule has 0 spiro atoms. The van der Waals surface area contributed by atoms with E-state index in [1.807, 2.05) is 0 Å². The van der Waals surface area contributed by atoms with Gasteiger partial charge in [-0.05, 0) is 12.8 Å². The number of aryl methyl sites for hydroxylation is 1. The Labute approximate surface area is 120 Å². The lowest BCUT2D eigenvalue weighted by molar-refractivity contribution is -0.314. The SMILES string of the molecule is OCC(O)C(O)C(O)c1cncc(CCCC(O)(O)O)n1. The number of hydrogen-bond donors (Lipinski definition) is 7. The maximum atomic E-state index is 9.83. The molecular weight excluding hydrogens is 284 g/mol. The van der Waals surface area contributed by atoms with Crippen molar-refractivity contribution in [3.63, 3.8) is 0 Å². The molecule has 120 valence electrons. The molecule has 0 aliphatic carbocycles. The summed E-state index contributed by atoms with van der Waals surface area (Å²) in [4.78, 5) is 7.84. The molecule has 9 heteroatoms. The molecule has 0 aromatic carbocycles. The standard InChI is InChI=1S/C12H20N2O7/c15-6-9(16)11(18)10(17)8-5-13-4-7(14-8)2-1-3-12(19,20)21/h4-5,9-11,15-21H,1-3,6H2. The highest BCUT2D eigenvalue weighted by atomic mass is 16.7. The van der Waals surface area contributed by atoms with Gasteiger partial charge in [-0.25, -0.2) is 0 Å². The first-order valence-corrected chi connectivity index (χ1v) is 6.37. The average molecular weight is 304 g/mol. The monoisotopic (exact) mass is 304 g/mol. The van der Waals surface area contributed by atoms with Gasteiger partial charge in [0.05, 0.1) is 24.2 Å². The van der Waals surface area contributed by atoms with Crippen molar-refractivity contribution in [2.45, 2.75) is 43.5 Å². The highest BCUT2D eigenvalue weighted by Crippen LogP contribution is 2.17. The fourth-order valence-electron chi connectivity index (χ4n) is 1.69. The van der Waals surface area contributed by atoms with Crippen molar-refractivity contribution < 1.29 is 35.7 Å². The van der Waals surface area contributed by atoms with E-state index in [-0.39, 0.29) is 25.0 Å². The second-order valence-electron chi connectivity index (χ2n) is 4.75. The number of aromatic nitrogens is 2. The van der Waals surface area contributed by atoms with Crippen molar-refractivity contribution in [2.24, 2.45) is 0 Å². The summed E-state index contributed by atoms with van der Waals surface area (Å²) < 4.78 is 0. The summed E-state index contributed by atoms with van der Waals surface area (Å²) in [7, 11) is 0. The van der Waals surface area contributed by atoms with Gasteiger partial charge < -0.3 is 35.7 Å². The average Bonchev–Trinajstić information content (AvgIpc) is 2.43. The van der Waals surface area contributed by atoms with Gasteiger partial charge in [0.15, 0.2) is 0 Å². The van der Waals surface area contributed by atoms with Crippen LogP contribution in [0.15, 0.2) is 12.4 Å². The normalized spacial score (nSPS) is 16.5. The van der Waals surface area contributed by atoms with E-state index in [0.717, 1.165) is 0 Å². The lowest BCUT2D eigenvalue weighted by atomic mass is 10.1. The number of aliphatic hydroxyl groups excluding tert-OH is 4. The predicted molar refractivity (Wildman–Crippen MR) is 68.4 cm³/mol. The summed E-state index contributed by atoms with van der Waals surface area (Å²) in [5.74, 6) is -2.74. The van der Waals surface area contributed by atoms with E-state index in [2.05, 4.69) is 9.97 Å². The lowest BCUT2D eigenvalue weighted by Crippen LogP contribution is -2.35. The first kappa shape index (κ1) is 17.9. The van der Waals surface area contributed by atoms with Crippen LogP contribution in [0.3, 0.4) is 0 Å². The quantitative estimate of drug-likeness (QED) is 0.250. The fraction of sp³-hybridized carbons (Fsp3) is 0.667. The van der Waals surface area contributed by atoms with E-state index in [1.54, 1.807) is 0 Å². The maximum Gasteiger partial charge on any atom is 0.275 e. The number of nitrogens with zero attached hydrogens (tertiary/aromatic N) is 2. The van der Waals surface area contributed by atoms with Crippen LogP contribution in [0.5, 0.6) is 0 Å². The van der Waals surface area contributed by atoms with Crippen molar-refractivity contribution in [1.82, 2.24) is 9.97 Å². The Hall–Kier alpha value is -1.20. The molecule has 3 atom stereocenters. The van der Waals surface area contributed by atoms with Gasteiger partial charge in [0.1, 0.15) is 18.3 Å². The van der Waals surface area contributed by atoms with Crippen LogP contribution < -0.4 is 0 Å². The van der Waals surface area contributed by atoms with Gasteiger partial charge in [0, 0.05) is 12.6 Å². The molecule has 1 aromatic rings. The molecule has 1 heterocycles. The third-order valence-electron chi connectivity index (χ3n) is 2.86. The highest BCUT2D eigenvalue weighted by Gasteiger charge is 2.27. The van der Waals surface area contributed by atoms with Crippen molar-refractivity contribution in [1.29, 1.82) is 0 Å². The first-order chi connectivity index (χ1) is 9.74. The highest BCUT2D eigenvalue weighted by molar-refractivity contribution is 5.08. The van der Waals surface area contributed by atoms with E-state index >= 15 is 0 Å². The van der Waals surface area contributed by atoms with Gasteiger partial charge in [-0.3, -0.25) is 9.97 Å². The molecule has 0 saturated heterocycles. The second-order valence-corrected chi connectivity index (χ2v) is 4.75. The van der Waals surface area contributed by atoms with Crippen LogP contribution in [0.25, 0.3) is 0 Å². The summed E-state index contributed by atoms with van der Waals surface area (Å²) in [5, 5.41) is 63.6. The van der Waals surface area contributed by atoms with Crippen molar-refractivity contribution in [3.05, 3.63) is 23.8 Å². The largest absolute Gasteiger partial charge is 0.394 e. The maximum absolute atomic E-state index is 9.83.